The predicted octanol–water partition coefficient (Wildman–Crippen LogP) is 0.887. The number of hydrogen-bond donors (Lipinski definition) is 1. The normalized spacial score (nSPS) is 8.73. The lowest BCUT2D eigenvalue weighted by Gasteiger charge is -1.98. The molecular weight excluding hydrogens is 166 g/mol. The monoisotopic (exact) mass is 181 g/mol. The summed E-state index contributed by atoms with van der Waals surface area (Å²) in [6.07, 6.45) is 0. The zero-order chi connectivity index (χ0) is 9.11. The van der Waals surface area contributed by atoms with E-state index in [1.807, 2.05) is 0 Å². The van der Waals surface area contributed by atoms with E-state index < -0.39 is 0 Å². The standard InChI is InChI=1S/C6H15OS.HNO2/c1-3-8(4-2)6-5-7;2-1-3/h7H,3-6H2,1-2H3;(H,2,3)/q+1;/p-1. The molecule has 1 N–H and O–H groups in total. The predicted molar refractivity (Wildman–Crippen MR) is 49.6 cm³/mol. The average molecular weight is 181 g/mol. The first kappa shape index (κ1) is 13.3. The van der Waals surface area contributed by atoms with Crippen molar-refractivity contribution in [3.8, 4) is 0 Å². The Morgan fingerprint density at radius 1 is 1.45 bits per heavy atom. The Kier molecular flexibility index (Phi) is 15.0. The van der Waals surface area contributed by atoms with Crippen molar-refractivity contribution in [2.45, 2.75) is 13.8 Å². The zero-order valence-corrected chi connectivity index (χ0v) is 7.76. The number of rotatable bonds is 4. The summed E-state index contributed by atoms with van der Waals surface area (Å²) >= 11 is 0. The van der Waals surface area contributed by atoms with E-state index in [0.717, 1.165) is 11.1 Å². The van der Waals surface area contributed by atoms with Crippen LogP contribution >= 0.6 is 0 Å². The van der Waals surface area contributed by atoms with Gasteiger partial charge in [-0.3, -0.25) is 0 Å². The number of aliphatic hydroxyl groups is 1. The van der Waals surface area contributed by atoms with Crippen LogP contribution in [0.1, 0.15) is 13.8 Å². The molecule has 0 unspecified atom stereocenters. The molecule has 0 aromatic heterocycles. The molecular formula is C6H15NO3S. The number of nitrogens with zero attached hydrogens (tertiary/aromatic N) is 1. The van der Waals surface area contributed by atoms with Crippen LogP contribution in [0, 0.1) is 10.1 Å². The summed E-state index contributed by atoms with van der Waals surface area (Å²) in [5.41, 5.74) is 0. The van der Waals surface area contributed by atoms with Gasteiger partial charge in [0.25, 0.3) is 0 Å². The molecule has 0 aromatic rings. The molecule has 11 heavy (non-hydrogen) atoms. The van der Waals surface area contributed by atoms with E-state index in [0.29, 0.717) is 17.5 Å². The van der Waals surface area contributed by atoms with Crippen LogP contribution in [0.15, 0.2) is 5.34 Å². The summed E-state index contributed by atoms with van der Waals surface area (Å²) in [5.74, 6) is 3.47. The van der Waals surface area contributed by atoms with E-state index in [1.54, 1.807) is 0 Å². The Hall–Kier alpha value is -0.290. The van der Waals surface area contributed by atoms with Crippen molar-refractivity contribution < 1.29 is 5.11 Å². The van der Waals surface area contributed by atoms with Crippen molar-refractivity contribution in [2.24, 2.45) is 5.34 Å². The summed E-state index contributed by atoms with van der Waals surface area (Å²) in [6, 6.07) is 0. The van der Waals surface area contributed by atoms with Crippen molar-refractivity contribution in [3.05, 3.63) is 10.1 Å². The van der Waals surface area contributed by atoms with Gasteiger partial charge >= 0.3 is 0 Å². The molecule has 0 saturated heterocycles. The minimum atomic E-state index is 0.366. The van der Waals surface area contributed by atoms with Gasteiger partial charge in [0.1, 0.15) is 17.3 Å². The Morgan fingerprint density at radius 3 is 1.91 bits per heavy atom. The summed E-state index contributed by atoms with van der Waals surface area (Å²) in [6.45, 7) is 4.73. The third-order valence-corrected chi connectivity index (χ3v) is 3.59. The first-order valence-corrected chi connectivity index (χ1v) is 5.19. The van der Waals surface area contributed by atoms with Gasteiger partial charge in [0.2, 0.25) is 0 Å². The Balaban J connectivity index is 0. The second kappa shape index (κ2) is 12.4. The molecule has 0 fully saturated rings. The molecule has 0 amide bonds. The molecule has 0 aliphatic rings. The average Bonchev–Trinajstić information content (AvgIpc) is 2.02. The van der Waals surface area contributed by atoms with Crippen LogP contribution < -0.4 is 0 Å². The molecule has 0 aromatic carbocycles. The largest absolute Gasteiger partial charge is 0.444 e. The molecule has 0 bridgehead atoms. The van der Waals surface area contributed by atoms with E-state index in [2.05, 4.69) is 13.8 Å². The summed E-state index contributed by atoms with van der Waals surface area (Å²) in [5, 5.41) is 17.5. The number of aliphatic hydroxyl groups excluding tert-OH is 1. The highest BCUT2D eigenvalue weighted by molar-refractivity contribution is 7.96. The third-order valence-electron chi connectivity index (χ3n) is 1.20. The summed E-state index contributed by atoms with van der Waals surface area (Å²) in [4.78, 5) is 8.00. The molecule has 4 nitrogen and oxygen atoms in total. The van der Waals surface area contributed by atoms with E-state index in [-0.39, 0.29) is 0 Å². The molecule has 0 saturated carbocycles. The van der Waals surface area contributed by atoms with Crippen LogP contribution in [0.2, 0.25) is 0 Å². The van der Waals surface area contributed by atoms with Crippen molar-refractivity contribution in [1.82, 2.24) is 0 Å². The number of hydrogen-bond acceptors (Lipinski definition) is 4. The minimum absolute atomic E-state index is 0.366. The fraction of sp³-hybridized carbons (Fsp3) is 1.00. The molecule has 0 heterocycles. The Bertz CT molecular complexity index is 78.2. The van der Waals surface area contributed by atoms with Gasteiger partial charge in [-0.15, -0.1) is 5.34 Å². The quantitative estimate of drug-likeness (QED) is 0.397. The second-order valence-corrected chi connectivity index (χ2v) is 4.48. The Labute approximate surface area is 69.9 Å². The topological polar surface area (TPSA) is 72.7 Å². The fourth-order valence-corrected chi connectivity index (χ4v) is 1.87. The summed E-state index contributed by atoms with van der Waals surface area (Å²) < 4.78 is 0. The van der Waals surface area contributed by atoms with Gasteiger partial charge in [-0.05, 0) is 24.7 Å². The molecule has 0 aliphatic heterocycles. The van der Waals surface area contributed by atoms with Gasteiger partial charge in [0.15, 0.2) is 0 Å². The van der Waals surface area contributed by atoms with Crippen molar-refractivity contribution in [2.75, 3.05) is 23.9 Å². The van der Waals surface area contributed by atoms with Crippen molar-refractivity contribution in [1.29, 1.82) is 0 Å². The van der Waals surface area contributed by atoms with Gasteiger partial charge in [-0.2, -0.15) is 0 Å². The van der Waals surface area contributed by atoms with Crippen LogP contribution in [0.5, 0.6) is 0 Å². The second-order valence-electron chi connectivity index (χ2n) is 1.69. The first-order valence-electron chi connectivity index (χ1n) is 3.46. The first-order chi connectivity index (χ1) is 5.26. The van der Waals surface area contributed by atoms with Crippen LogP contribution in [0.4, 0.5) is 0 Å². The van der Waals surface area contributed by atoms with E-state index >= 15 is 0 Å². The van der Waals surface area contributed by atoms with Gasteiger partial charge in [-0.1, -0.05) is 0 Å². The maximum absolute atomic E-state index is 8.51. The SMILES string of the molecule is CC[S+](CC)CCO.O=N[O-]. The fourth-order valence-electron chi connectivity index (χ4n) is 0.622. The van der Waals surface area contributed by atoms with Gasteiger partial charge in [0, 0.05) is 0 Å². The minimum Gasteiger partial charge on any atom is -0.444 e. The van der Waals surface area contributed by atoms with Gasteiger partial charge in [0.05, 0.1) is 6.61 Å². The molecule has 0 rings (SSSR count). The van der Waals surface area contributed by atoms with E-state index in [1.165, 1.54) is 11.5 Å². The lowest BCUT2D eigenvalue weighted by atomic mass is 10.9. The molecule has 0 aliphatic carbocycles. The highest BCUT2D eigenvalue weighted by Gasteiger charge is 2.08. The van der Waals surface area contributed by atoms with Gasteiger partial charge < -0.3 is 15.2 Å². The molecule has 68 valence electrons. The van der Waals surface area contributed by atoms with Crippen molar-refractivity contribution in [3.63, 3.8) is 0 Å². The van der Waals surface area contributed by atoms with Crippen LogP contribution in [-0.4, -0.2) is 29.0 Å². The Morgan fingerprint density at radius 2 is 1.82 bits per heavy atom. The van der Waals surface area contributed by atoms with E-state index in [4.69, 9.17) is 15.2 Å². The molecule has 0 atom stereocenters. The third kappa shape index (κ3) is 12.8. The van der Waals surface area contributed by atoms with Crippen molar-refractivity contribution >= 4 is 10.9 Å². The molecule has 0 radical (unpaired) electrons. The highest BCUT2D eigenvalue weighted by atomic mass is 32.2. The lowest BCUT2D eigenvalue weighted by Crippen LogP contribution is -2.14. The summed E-state index contributed by atoms with van der Waals surface area (Å²) in [7, 11) is 0.512. The van der Waals surface area contributed by atoms with Crippen LogP contribution in [0.3, 0.4) is 0 Å². The lowest BCUT2D eigenvalue weighted by molar-refractivity contribution is 0.322. The van der Waals surface area contributed by atoms with Crippen LogP contribution in [-0.2, 0) is 10.9 Å². The molecule has 5 heteroatoms. The smallest absolute Gasteiger partial charge is 0.131 e. The van der Waals surface area contributed by atoms with Gasteiger partial charge in [-0.25, -0.2) is 0 Å². The van der Waals surface area contributed by atoms with Crippen LogP contribution in [0.25, 0.3) is 0 Å². The zero-order valence-electron chi connectivity index (χ0n) is 6.95. The molecule has 0 spiro atoms. The maximum Gasteiger partial charge on any atom is 0.131 e. The van der Waals surface area contributed by atoms with E-state index in [9.17, 15) is 0 Å². The highest BCUT2D eigenvalue weighted by Crippen LogP contribution is 1.93. The maximum atomic E-state index is 8.51.